The third kappa shape index (κ3) is 3.75. The number of pyridine rings is 1. The van der Waals surface area contributed by atoms with E-state index in [-0.39, 0.29) is 11.7 Å². The van der Waals surface area contributed by atoms with E-state index >= 15 is 0 Å². The molecule has 0 radical (unpaired) electrons. The third-order valence-corrected chi connectivity index (χ3v) is 3.92. The number of hydrogen-bond acceptors (Lipinski definition) is 5. The number of thioether (sulfide) groups is 1. The molecule has 116 valence electrons. The summed E-state index contributed by atoms with van der Waals surface area (Å²) >= 11 is 1.13. The van der Waals surface area contributed by atoms with Crippen LogP contribution in [0.1, 0.15) is 5.56 Å². The maximum Gasteiger partial charge on any atom is 0.355 e. The molecule has 3 rings (SSSR count). The zero-order valence-corrected chi connectivity index (χ0v) is 13.2. The van der Waals surface area contributed by atoms with Gasteiger partial charge in [0.05, 0.1) is 5.75 Å². The van der Waals surface area contributed by atoms with Crippen LogP contribution in [0.5, 0.6) is 0 Å². The molecule has 0 atom stereocenters. The summed E-state index contributed by atoms with van der Waals surface area (Å²) in [6, 6.07) is 12.8. The van der Waals surface area contributed by atoms with E-state index in [9.17, 15) is 9.59 Å². The summed E-state index contributed by atoms with van der Waals surface area (Å²) in [6.45, 7) is 1.89. The lowest BCUT2D eigenvalue weighted by atomic mass is 10.3. The molecule has 2 aromatic heterocycles. The smallest absolute Gasteiger partial charge is 0.325 e. The first-order chi connectivity index (χ1) is 11.1. The van der Waals surface area contributed by atoms with E-state index in [1.807, 2.05) is 43.3 Å². The number of nitrogens with zero attached hydrogens (tertiary/aromatic N) is 3. The van der Waals surface area contributed by atoms with Crippen molar-refractivity contribution in [2.24, 2.45) is 0 Å². The van der Waals surface area contributed by atoms with E-state index in [2.05, 4.69) is 15.3 Å². The Hall–Kier alpha value is -2.67. The lowest BCUT2D eigenvalue weighted by Gasteiger charge is -2.05. The van der Waals surface area contributed by atoms with Gasteiger partial charge in [0.25, 0.3) is 0 Å². The van der Waals surface area contributed by atoms with Gasteiger partial charge in [0, 0.05) is 11.9 Å². The first-order valence-electron chi connectivity index (χ1n) is 6.96. The molecule has 1 N–H and O–H groups in total. The number of anilines is 1. The van der Waals surface area contributed by atoms with E-state index < -0.39 is 5.69 Å². The van der Waals surface area contributed by atoms with Gasteiger partial charge in [-0.15, -0.1) is 0 Å². The molecule has 1 amide bonds. The van der Waals surface area contributed by atoms with Gasteiger partial charge in [-0.3, -0.25) is 9.20 Å². The van der Waals surface area contributed by atoms with Crippen LogP contribution in [-0.4, -0.2) is 26.0 Å². The van der Waals surface area contributed by atoms with E-state index in [4.69, 9.17) is 0 Å². The Morgan fingerprint density at radius 1 is 1.17 bits per heavy atom. The topological polar surface area (TPSA) is 76.4 Å². The molecule has 6 nitrogen and oxygen atoms in total. The zero-order chi connectivity index (χ0) is 16.2. The molecular weight excluding hydrogens is 312 g/mol. The number of aryl methyl sites for hydroxylation is 1. The highest BCUT2D eigenvalue weighted by molar-refractivity contribution is 7.99. The summed E-state index contributed by atoms with van der Waals surface area (Å²) in [7, 11) is 0. The van der Waals surface area contributed by atoms with Crippen LogP contribution in [0.3, 0.4) is 0 Å². The van der Waals surface area contributed by atoms with Crippen LogP contribution < -0.4 is 11.0 Å². The summed E-state index contributed by atoms with van der Waals surface area (Å²) in [6.07, 6.45) is 1.69. The number of carbonyl (C=O) groups is 1. The summed E-state index contributed by atoms with van der Waals surface area (Å²) in [4.78, 5) is 32.1. The Kier molecular flexibility index (Phi) is 4.38. The van der Waals surface area contributed by atoms with Crippen LogP contribution in [0.25, 0.3) is 5.65 Å². The highest BCUT2D eigenvalue weighted by Gasteiger charge is 2.08. The molecule has 0 bridgehead atoms. The van der Waals surface area contributed by atoms with Crippen molar-refractivity contribution >= 4 is 29.0 Å². The first kappa shape index (κ1) is 15.2. The number of nitrogens with one attached hydrogen (secondary N) is 1. The summed E-state index contributed by atoms with van der Waals surface area (Å²) in [5.41, 5.74) is 1.80. The van der Waals surface area contributed by atoms with Gasteiger partial charge in [-0.05, 0) is 30.7 Å². The molecule has 1 aromatic carbocycles. The minimum absolute atomic E-state index is 0.135. The monoisotopic (exact) mass is 326 g/mol. The maximum atomic E-state index is 12.0. The van der Waals surface area contributed by atoms with E-state index in [1.165, 1.54) is 4.40 Å². The molecule has 0 aliphatic heterocycles. The highest BCUT2D eigenvalue weighted by Crippen LogP contribution is 2.13. The fourth-order valence-electron chi connectivity index (χ4n) is 2.02. The van der Waals surface area contributed by atoms with Gasteiger partial charge in [0.1, 0.15) is 5.65 Å². The van der Waals surface area contributed by atoms with Gasteiger partial charge in [0.15, 0.2) is 5.16 Å². The van der Waals surface area contributed by atoms with E-state index in [0.717, 1.165) is 23.0 Å². The van der Waals surface area contributed by atoms with Crippen LogP contribution >= 0.6 is 11.8 Å². The summed E-state index contributed by atoms with van der Waals surface area (Å²) < 4.78 is 1.39. The van der Waals surface area contributed by atoms with Gasteiger partial charge in [-0.2, -0.15) is 4.98 Å². The average Bonchev–Trinajstić information content (AvgIpc) is 2.55. The second kappa shape index (κ2) is 6.62. The van der Waals surface area contributed by atoms with Crippen molar-refractivity contribution in [2.75, 3.05) is 11.1 Å². The van der Waals surface area contributed by atoms with E-state index in [1.54, 1.807) is 12.3 Å². The Morgan fingerprint density at radius 2 is 1.96 bits per heavy atom. The number of amides is 1. The van der Waals surface area contributed by atoms with Gasteiger partial charge in [-0.25, -0.2) is 9.78 Å². The standard InChI is InChI=1S/C16H14N4O2S/c1-11-7-8-13-18-15(19-16(22)20(13)9-11)23-10-14(21)17-12-5-3-2-4-6-12/h2-9H,10H2,1H3,(H,17,21). The van der Waals surface area contributed by atoms with Crippen molar-refractivity contribution in [1.29, 1.82) is 0 Å². The molecule has 0 spiro atoms. The quantitative estimate of drug-likeness (QED) is 0.743. The predicted molar refractivity (Wildman–Crippen MR) is 89.8 cm³/mol. The Labute approximate surface area is 136 Å². The molecule has 0 aliphatic carbocycles. The number of aromatic nitrogens is 3. The second-order valence-electron chi connectivity index (χ2n) is 4.93. The fraction of sp³-hybridized carbons (Fsp3) is 0.125. The number of benzene rings is 1. The van der Waals surface area contributed by atoms with Crippen LogP contribution in [0, 0.1) is 6.92 Å². The molecule has 3 aromatic rings. The highest BCUT2D eigenvalue weighted by atomic mass is 32.2. The van der Waals surface area contributed by atoms with Crippen molar-refractivity contribution in [3.63, 3.8) is 0 Å². The number of rotatable bonds is 4. The average molecular weight is 326 g/mol. The Morgan fingerprint density at radius 3 is 2.74 bits per heavy atom. The van der Waals surface area contributed by atoms with Gasteiger partial charge < -0.3 is 5.32 Å². The number of carbonyl (C=O) groups excluding carboxylic acids is 1. The second-order valence-corrected chi connectivity index (χ2v) is 5.87. The summed E-state index contributed by atoms with van der Waals surface area (Å²) in [5, 5.41) is 3.07. The van der Waals surface area contributed by atoms with Crippen LogP contribution in [0.2, 0.25) is 0 Å². The molecule has 0 saturated heterocycles. The lowest BCUT2D eigenvalue weighted by molar-refractivity contribution is -0.113. The molecule has 0 saturated carbocycles. The first-order valence-corrected chi connectivity index (χ1v) is 7.95. The molecule has 0 aliphatic rings. The summed E-state index contributed by atoms with van der Waals surface area (Å²) in [5.74, 6) is -0.0370. The maximum absolute atomic E-state index is 12.0. The van der Waals surface area contributed by atoms with Crippen LogP contribution in [0.15, 0.2) is 58.6 Å². The minimum atomic E-state index is -0.398. The predicted octanol–water partition coefficient (Wildman–Crippen LogP) is 2.13. The molecule has 0 fully saturated rings. The minimum Gasteiger partial charge on any atom is -0.325 e. The fourth-order valence-corrected chi connectivity index (χ4v) is 2.65. The van der Waals surface area contributed by atoms with Crippen molar-refractivity contribution in [1.82, 2.24) is 14.4 Å². The Balaban J connectivity index is 1.71. The van der Waals surface area contributed by atoms with Crippen LogP contribution in [0.4, 0.5) is 5.69 Å². The molecule has 2 heterocycles. The number of hydrogen-bond donors (Lipinski definition) is 1. The van der Waals surface area contributed by atoms with Crippen molar-refractivity contribution in [3.8, 4) is 0 Å². The molecular formula is C16H14N4O2S. The normalized spacial score (nSPS) is 10.7. The van der Waals surface area contributed by atoms with Crippen molar-refractivity contribution < 1.29 is 4.79 Å². The van der Waals surface area contributed by atoms with Gasteiger partial charge in [-0.1, -0.05) is 36.0 Å². The molecule has 0 unspecified atom stereocenters. The largest absolute Gasteiger partial charge is 0.355 e. The zero-order valence-electron chi connectivity index (χ0n) is 12.4. The number of para-hydroxylation sites is 1. The Bertz CT molecular complexity index is 909. The molecule has 23 heavy (non-hydrogen) atoms. The van der Waals surface area contributed by atoms with Crippen LogP contribution in [-0.2, 0) is 4.79 Å². The van der Waals surface area contributed by atoms with Gasteiger partial charge in [0.2, 0.25) is 5.91 Å². The number of fused-ring (bicyclic) bond motifs is 1. The van der Waals surface area contributed by atoms with Crippen molar-refractivity contribution in [2.45, 2.75) is 12.1 Å². The molecule has 7 heteroatoms. The lowest BCUT2D eigenvalue weighted by Crippen LogP contribution is -2.20. The van der Waals surface area contributed by atoms with E-state index in [0.29, 0.717) is 10.8 Å². The van der Waals surface area contributed by atoms with Gasteiger partial charge >= 0.3 is 5.69 Å². The third-order valence-electron chi connectivity index (χ3n) is 3.07. The van der Waals surface area contributed by atoms with Crippen molar-refractivity contribution in [3.05, 3.63) is 64.7 Å². The SMILES string of the molecule is Cc1ccc2nc(SCC(=O)Nc3ccccc3)nc(=O)n2c1.